The molecule has 2 rings (SSSR count). The van der Waals surface area contributed by atoms with E-state index in [0.29, 0.717) is 11.0 Å². The van der Waals surface area contributed by atoms with Gasteiger partial charge >= 0.3 is 0 Å². The minimum Gasteiger partial charge on any atom is -0.378 e. The summed E-state index contributed by atoms with van der Waals surface area (Å²) in [7, 11) is 1.83. The Morgan fingerprint density at radius 1 is 1.56 bits per heavy atom. The van der Waals surface area contributed by atoms with Crippen molar-refractivity contribution in [2.45, 2.75) is 6.54 Å². The Labute approximate surface area is 112 Å². The molecule has 1 aromatic heterocycles. The van der Waals surface area contributed by atoms with Gasteiger partial charge in [-0.05, 0) is 27.6 Å². The number of halogens is 1. The van der Waals surface area contributed by atoms with Crippen molar-refractivity contribution < 1.29 is 4.92 Å². The normalized spacial score (nSPS) is 10.3. The van der Waals surface area contributed by atoms with E-state index in [4.69, 9.17) is 0 Å². The highest BCUT2D eigenvalue weighted by Gasteiger charge is 2.12. The van der Waals surface area contributed by atoms with Crippen LogP contribution in [-0.4, -0.2) is 14.7 Å². The van der Waals surface area contributed by atoms with E-state index < -0.39 is 4.92 Å². The van der Waals surface area contributed by atoms with Crippen LogP contribution in [0.15, 0.2) is 35.1 Å². The molecule has 2 aromatic rings. The van der Waals surface area contributed by atoms with Gasteiger partial charge in [0.05, 0.1) is 21.3 Å². The smallest absolute Gasteiger partial charge is 0.283 e. The van der Waals surface area contributed by atoms with E-state index >= 15 is 0 Å². The van der Waals surface area contributed by atoms with Crippen molar-refractivity contribution in [1.29, 1.82) is 0 Å². The van der Waals surface area contributed by atoms with Crippen LogP contribution in [0.1, 0.15) is 5.56 Å². The van der Waals surface area contributed by atoms with E-state index in [-0.39, 0.29) is 5.69 Å². The maximum Gasteiger partial charge on any atom is 0.283 e. The van der Waals surface area contributed by atoms with Crippen LogP contribution in [0.3, 0.4) is 0 Å². The molecule has 94 valence electrons. The summed E-state index contributed by atoms with van der Waals surface area (Å²) in [4.78, 5) is 10.4. The number of nitro groups is 1. The topological polar surface area (TPSA) is 73.0 Å². The van der Waals surface area contributed by atoms with Crippen molar-refractivity contribution in [3.05, 3.63) is 50.7 Å². The molecule has 18 heavy (non-hydrogen) atoms. The van der Waals surface area contributed by atoms with Gasteiger partial charge < -0.3 is 5.32 Å². The molecule has 0 aliphatic carbocycles. The zero-order valence-electron chi connectivity index (χ0n) is 9.63. The van der Waals surface area contributed by atoms with Gasteiger partial charge in [-0.25, -0.2) is 0 Å². The van der Waals surface area contributed by atoms with Gasteiger partial charge in [-0.15, -0.1) is 0 Å². The highest BCUT2D eigenvalue weighted by atomic mass is 79.9. The molecule has 0 aliphatic heterocycles. The first-order valence-corrected chi connectivity index (χ1v) is 6.01. The van der Waals surface area contributed by atoms with Crippen LogP contribution in [0.4, 0.5) is 11.4 Å². The molecule has 0 aliphatic rings. The quantitative estimate of drug-likeness (QED) is 0.696. The summed E-state index contributed by atoms with van der Waals surface area (Å²) in [6.45, 7) is 0.514. The molecular weight excluding hydrogens is 300 g/mol. The van der Waals surface area contributed by atoms with Gasteiger partial charge in [0, 0.05) is 25.9 Å². The van der Waals surface area contributed by atoms with Gasteiger partial charge in [0.1, 0.15) is 0 Å². The molecule has 0 saturated carbocycles. The molecule has 1 aromatic carbocycles. The number of benzene rings is 1. The zero-order valence-corrected chi connectivity index (χ0v) is 11.2. The Bertz CT molecular complexity index is 582. The third kappa shape index (κ3) is 2.86. The van der Waals surface area contributed by atoms with Crippen molar-refractivity contribution in [2.24, 2.45) is 7.05 Å². The fourth-order valence-corrected chi connectivity index (χ4v) is 1.92. The van der Waals surface area contributed by atoms with Crippen molar-refractivity contribution >= 4 is 27.3 Å². The van der Waals surface area contributed by atoms with E-state index in [1.54, 1.807) is 23.0 Å². The lowest BCUT2D eigenvalue weighted by Gasteiger charge is -2.04. The molecule has 1 N–H and O–H groups in total. The molecule has 0 amide bonds. The van der Waals surface area contributed by atoms with E-state index in [1.165, 1.54) is 0 Å². The van der Waals surface area contributed by atoms with Crippen LogP contribution in [0.25, 0.3) is 0 Å². The first-order chi connectivity index (χ1) is 8.56. The maximum atomic E-state index is 10.8. The van der Waals surface area contributed by atoms with Crippen LogP contribution in [0, 0.1) is 10.1 Å². The summed E-state index contributed by atoms with van der Waals surface area (Å²) in [5.41, 5.74) is 1.79. The standard InChI is InChI=1S/C11H11BrN4O2/c1-15-7-9(6-14-15)13-5-8-2-3-10(12)11(4-8)16(17)18/h2-4,6-7,13H,5H2,1H3. The Kier molecular flexibility index (Phi) is 3.61. The number of aromatic nitrogens is 2. The van der Waals surface area contributed by atoms with Gasteiger partial charge in [-0.1, -0.05) is 6.07 Å². The average Bonchev–Trinajstić information content (AvgIpc) is 2.74. The van der Waals surface area contributed by atoms with E-state index in [9.17, 15) is 10.1 Å². The minimum absolute atomic E-state index is 0.0699. The van der Waals surface area contributed by atoms with Crippen LogP contribution in [0.2, 0.25) is 0 Å². The zero-order chi connectivity index (χ0) is 13.1. The monoisotopic (exact) mass is 310 g/mol. The second kappa shape index (κ2) is 5.18. The Morgan fingerprint density at radius 2 is 2.33 bits per heavy atom. The molecular formula is C11H11BrN4O2. The fourth-order valence-electron chi connectivity index (χ4n) is 1.52. The first-order valence-electron chi connectivity index (χ1n) is 5.21. The SMILES string of the molecule is Cn1cc(NCc2ccc(Br)c([N+](=O)[O-])c2)cn1. The van der Waals surface area contributed by atoms with E-state index in [1.807, 2.05) is 19.3 Å². The Morgan fingerprint density at radius 3 is 2.94 bits per heavy atom. The number of hydrogen-bond acceptors (Lipinski definition) is 4. The molecule has 1 heterocycles. The fraction of sp³-hybridized carbons (Fsp3) is 0.182. The van der Waals surface area contributed by atoms with Crippen molar-refractivity contribution in [3.8, 4) is 0 Å². The van der Waals surface area contributed by atoms with E-state index in [2.05, 4.69) is 26.3 Å². The molecule has 0 bridgehead atoms. The first kappa shape index (κ1) is 12.6. The predicted molar refractivity (Wildman–Crippen MR) is 71.3 cm³/mol. The molecule has 0 fully saturated rings. The highest BCUT2D eigenvalue weighted by Crippen LogP contribution is 2.25. The van der Waals surface area contributed by atoms with Crippen molar-refractivity contribution in [2.75, 3.05) is 5.32 Å². The molecule has 7 heteroatoms. The highest BCUT2D eigenvalue weighted by molar-refractivity contribution is 9.10. The summed E-state index contributed by atoms with van der Waals surface area (Å²) in [5, 5.41) is 18.0. The van der Waals surface area contributed by atoms with Gasteiger partial charge in [0.15, 0.2) is 0 Å². The predicted octanol–water partition coefficient (Wildman–Crippen LogP) is 2.70. The summed E-state index contributed by atoms with van der Waals surface area (Å²) in [6, 6.07) is 5.06. The Balaban J connectivity index is 2.10. The van der Waals surface area contributed by atoms with Crippen LogP contribution in [-0.2, 0) is 13.6 Å². The summed E-state index contributed by atoms with van der Waals surface area (Å²) >= 11 is 3.15. The lowest BCUT2D eigenvalue weighted by molar-refractivity contribution is -0.385. The van der Waals surface area contributed by atoms with Crippen LogP contribution in [0.5, 0.6) is 0 Å². The minimum atomic E-state index is -0.405. The third-order valence-electron chi connectivity index (χ3n) is 2.41. The Hall–Kier alpha value is -1.89. The number of rotatable bonds is 4. The number of anilines is 1. The molecule has 0 spiro atoms. The summed E-state index contributed by atoms with van der Waals surface area (Å²) < 4.78 is 2.17. The number of nitro benzene ring substituents is 1. The van der Waals surface area contributed by atoms with Crippen LogP contribution < -0.4 is 5.32 Å². The lowest BCUT2D eigenvalue weighted by atomic mass is 10.2. The number of hydrogen-bond donors (Lipinski definition) is 1. The number of aryl methyl sites for hydroxylation is 1. The largest absolute Gasteiger partial charge is 0.378 e. The van der Waals surface area contributed by atoms with Crippen molar-refractivity contribution in [3.63, 3.8) is 0 Å². The second-order valence-electron chi connectivity index (χ2n) is 3.80. The van der Waals surface area contributed by atoms with Crippen LogP contribution >= 0.6 is 15.9 Å². The van der Waals surface area contributed by atoms with Gasteiger partial charge in [-0.2, -0.15) is 5.10 Å². The van der Waals surface area contributed by atoms with Gasteiger partial charge in [0.2, 0.25) is 0 Å². The number of nitrogens with zero attached hydrogens (tertiary/aromatic N) is 3. The van der Waals surface area contributed by atoms with E-state index in [0.717, 1.165) is 11.3 Å². The maximum absolute atomic E-state index is 10.8. The second-order valence-corrected chi connectivity index (χ2v) is 4.65. The molecule has 0 atom stereocenters. The van der Waals surface area contributed by atoms with Crippen molar-refractivity contribution in [1.82, 2.24) is 9.78 Å². The molecule has 0 radical (unpaired) electrons. The summed E-state index contributed by atoms with van der Waals surface area (Å²) in [5.74, 6) is 0. The lowest BCUT2D eigenvalue weighted by Crippen LogP contribution is -2.00. The average molecular weight is 311 g/mol. The molecule has 6 nitrogen and oxygen atoms in total. The molecule has 0 saturated heterocycles. The molecule has 0 unspecified atom stereocenters. The van der Waals surface area contributed by atoms with Gasteiger partial charge in [-0.3, -0.25) is 14.8 Å². The third-order valence-corrected chi connectivity index (χ3v) is 3.08. The summed E-state index contributed by atoms with van der Waals surface area (Å²) in [6.07, 6.45) is 3.54. The number of nitrogens with one attached hydrogen (secondary N) is 1. The van der Waals surface area contributed by atoms with Gasteiger partial charge in [0.25, 0.3) is 5.69 Å².